The topological polar surface area (TPSA) is 35.5 Å². The zero-order valence-electron chi connectivity index (χ0n) is 11.4. The van der Waals surface area contributed by atoms with Crippen LogP contribution in [-0.2, 0) is 0 Å². The maximum Gasteiger partial charge on any atom is 0.0451 e. The molecular weight excluding hydrogens is 224 g/mol. The Morgan fingerprint density at radius 3 is 2.72 bits per heavy atom. The van der Waals surface area contributed by atoms with E-state index in [4.69, 9.17) is 0 Å². The molecule has 2 rings (SSSR count). The van der Waals surface area contributed by atoms with Crippen molar-refractivity contribution in [3.8, 4) is 0 Å². The van der Waals surface area contributed by atoms with Crippen LogP contribution < -0.4 is 10.2 Å². The van der Waals surface area contributed by atoms with E-state index in [1.54, 1.807) is 0 Å². The van der Waals surface area contributed by atoms with Crippen LogP contribution in [0, 0.1) is 6.92 Å². The predicted octanol–water partition coefficient (Wildman–Crippen LogP) is 1.93. The molecule has 2 atom stereocenters. The van der Waals surface area contributed by atoms with Gasteiger partial charge in [-0.3, -0.25) is 0 Å². The van der Waals surface area contributed by atoms with Gasteiger partial charge in [0.15, 0.2) is 0 Å². The summed E-state index contributed by atoms with van der Waals surface area (Å²) in [6, 6.07) is 9.62. The Morgan fingerprint density at radius 1 is 1.33 bits per heavy atom. The molecule has 0 aromatic heterocycles. The van der Waals surface area contributed by atoms with E-state index in [9.17, 15) is 5.11 Å². The minimum atomic E-state index is 0.251. The highest BCUT2D eigenvalue weighted by Crippen LogP contribution is 2.24. The second kappa shape index (κ2) is 6.21. The van der Waals surface area contributed by atoms with Gasteiger partial charge in [-0.1, -0.05) is 17.7 Å². The molecule has 0 amide bonds. The number of hydrogen-bond donors (Lipinski definition) is 2. The molecule has 3 nitrogen and oxygen atoms in total. The fraction of sp³-hybridized carbons (Fsp3) is 0.600. The Hall–Kier alpha value is -1.06. The summed E-state index contributed by atoms with van der Waals surface area (Å²) in [6.07, 6.45) is 1.97. The van der Waals surface area contributed by atoms with Crippen LogP contribution in [0.5, 0.6) is 0 Å². The van der Waals surface area contributed by atoms with Gasteiger partial charge in [-0.2, -0.15) is 0 Å². The molecule has 1 fully saturated rings. The van der Waals surface area contributed by atoms with Crippen molar-refractivity contribution in [1.29, 1.82) is 0 Å². The molecule has 1 aromatic carbocycles. The lowest BCUT2D eigenvalue weighted by Crippen LogP contribution is -2.44. The minimum absolute atomic E-state index is 0.251. The van der Waals surface area contributed by atoms with E-state index < -0.39 is 0 Å². The van der Waals surface area contributed by atoms with Gasteiger partial charge >= 0.3 is 0 Å². The third kappa shape index (κ3) is 3.03. The number of benzene rings is 1. The highest BCUT2D eigenvalue weighted by molar-refractivity contribution is 5.49. The van der Waals surface area contributed by atoms with Crippen LogP contribution in [0.4, 0.5) is 5.69 Å². The average molecular weight is 248 g/mol. The Kier molecular flexibility index (Phi) is 4.61. The van der Waals surface area contributed by atoms with Crippen molar-refractivity contribution in [1.82, 2.24) is 5.32 Å². The number of nitrogens with one attached hydrogen (secondary N) is 1. The van der Waals surface area contributed by atoms with Crippen LogP contribution in [0.2, 0.25) is 0 Å². The smallest absolute Gasteiger partial charge is 0.0451 e. The molecule has 3 heteroatoms. The Balaban J connectivity index is 2.24. The van der Waals surface area contributed by atoms with Crippen LogP contribution in [0.3, 0.4) is 0 Å². The van der Waals surface area contributed by atoms with Crippen molar-refractivity contribution >= 4 is 5.69 Å². The molecule has 100 valence electrons. The fourth-order valence-electron chi connectivity index (χ4n) is 2.75. The summed E-state index contributed by atoms with van der Waals surface area (Å²) >= 11 is 0. The SMILES string of the molecule is Cc1ccc(N2C(C)CCNCC2CCO)cc1. The van der Waals surface area contributed by atoms with Gasteiger partial charge < -0.3 is 15.3 Å². The Labute approximate surface area is 110 Å². The zero-order chi connectivity index (χ0) is 13.0. The first-order valence-electron chi connectivity index (χ1n) is 6.89. The first-order chi connectivity index (χ1) is 8.72. The molecule has 18 heavy (non-hydrogen) atoms. The average Bonchev–Trinajstić information content (AvgIpc) is 2.53. The molecule has 1 aliphatic heterocycles. The third-order valence-electron chi connectivity index (χ3n) is 3.78. The fourth-order valence-corrected chi connectivity index (χ4v) is 2.75. The van der Waals surface area contributed by atoms with Crippen LogP contribution >= 0.6 is 0 Å². The van der Waals surface area contributed by atoms with Gasteiger partial charge in [0.25, 0.3) is 0 Å². The molecule has 0 saturated carbocycles. The molecular formula is C15H24N2O. The van der Waals surface area contributed by atoms with E-state index in [2.05, 4.69) is 48.3 Å². The summed E-state index contributed by atoms with van der Waals surface area (Å²) in [5.74, 6) is 0. The van der Waals surface area contributed by atoms with E-state index in [0.717, 1.165) is 25.9 Å². The largest absolute Gasteiger partial charge is 0.396 e. The number of rotatable bonds is 3. The molecule has 1 heterocycles. The first kappa shape index (κ1) is 13.4. The van der Waals surface area contributed by atoms with Crippen molar-refractivity contribution in [3.63, 3.8) is 0 Å². The molecule has 0 bridgehead atoms. The van der Waals surface area contributed by atoms with Crippen LogP contribution in [-0.4, -0.2) is 36.9 Å². The standard InChI is InChI=1S/C15H24N2O/c1-12-3-5-14(6-4-12)17-13(2)7-9-16-11-15(17)8-10-18/h3-6,13,15-16,18H,7-11H2,1-2H3. The van der Waals surface area contributed by atoms with Crippen molar-refractivity contribution in [2.24, 2.45) is 0 Å². The van der Waals surface area contributed by atoms with Gasteiger partial charge in [0.05, 0.1) is 0 Å². The van der Waals surface area contributed by atoms with Gasteiger partial charge in [0.2, 0.25) is 0 Å². The second-order valence-corrected chi connectivity index (χ2v) is 5.25. The van der Waals surface area contributed by atoms with E-state index in [1.807, 2.05) is 0 Å². The van der Waals surface area contributed by atoms with E-state index in [1.165, 1.54) is 11.3 Å². The maximum absolute atomic E-state index is 9.25. The number of aryl methyl sites for hydroxylation is 1. The highest BCUT2D eigenvalue weighted by Gasteiger charge is 2.25. The molecule has 1 aliphatic rings. The zero-order valence-corrected chi connectivity index (χ0v) is 11.4. The van der Waals surface area contributed by atoms with Crippen molar-refractivity contribution < 1.29 is 5.11 Å². The van der Waals surface area contributed by atoms with Gasteiger partial charge in [-0.05, 0) is 45.4 Å². The Morgan fingerprint density at radius 2 is 2.06 bits per heavy atom. The van der Waals surface area contributed by atoms with E-state index in [0.29, 0.717) is 12.1 Å². The summed E-state index contributed by atoms with van der Waals surface area (Å²) in [7, 11) is 0. The quantitative estimate of drug-likeness (QED) is 0.858. The third-order valence-corrected chi connectivity index (χ3v) is 3.78. The van der Waals surface area contributed by atoms with Gasteiger partial charge in [-0.15, -0.1) is 0 Å². The van der Waals surface area contributed by atoms with Crippen molar-refractivity contribution in [3.05, 3.63) is 29.8 Å². The second-order valence-electron chi connectivity index (χ2n) is 5.25. The summed E-state index contributed by atoms with van der Waals surface area (Å²) in [6.45, 7) is 6.66. The van der Waals surface area contributed by atoms with Crippen molar-refractivity contribution in [2.75, 3.05) is 24.6 Å². The van der Waals surface area contributed by atoms with Gasteiger partial charge in [-0.25, -0.2) is 0 Å². The first-order valence-corrected chi connectivity index (χ1v) is 6.89. The molecule has 2 unspecified atom stereocenters. The van der Waals surface area contributed by atoms with Crippen LogP contribution in [0.1, 0.15) is 25.3 Å². The number of aliphatic hydroxyl groups excluding tert-OH is 1. The van der Waals surface area contributed by atoms with E-state index >= 15 is 0 Å². The summed E-state index contributed by atoms with van der Waals surface area (Å²) in [4.78, 5) is 2.47. The molecule has 0 aliphatic carbocycles. The lowest BCUT2D eigenvalue weighted by atomic mass is 10.1. The minimum Gasteiger partial charge on any atom is -0.396 e. The van der Waals surface area contributed by atoms with Crippen molar-refractivity contribution in [2.45, 2.75) is 38.8 Å². The summed E-state index contributed by atoms with van der Waals surface area (Å²) in [5.41, 5.74) is 2.56. The van der Waals surface area contributed by atoms with E-state index in [-0.39, 0.29) is 6.61 Å². The maximum atomic E-state index is 9.25. The van der Waals surface area contributed by atoms with Gasteiger partial charge in [0.1, 0.15) is 0 Å². The molecule has 1 aromatic rings. The monoisotopic (exact) mass is 248 g/mol. The summed E-state index contributed by atoms with van der Waals surface area (Å²) in [5, 5.41) is 12.7. The molecule has 0 radical (unpaired) electrons. The summed E-state index contributed by atoms with van der Waals surface area (Å²) < 4.78 is 0. The van der Waals surface area contributed by atoms with Crippen LogP contribution in [0.25, 0.3) is 0 Å². The number of hydrogen-bond acceptors (Lipinski definition) is 3. The Bertz CT molecular complexity index is 363. The highest BCUT2D eigenvalue weighted by atomic mass is 16.3. The molecule has 0 spiro atoms. The lowest BCUT2D eigenvalue weighted by Gasteiger charge is -2.36. The predicted molar refractivity (Wildman–Crippen MR) is 76.1 cm³/mol. The lowest BCUT2D eigenvalue weighted by molar-refractivity contribution is 0.271. The molecule has 1 saturated heterocycles. The number of anilines is 1. The number of aliphatic hydroxyl groups is 1. The normalized spacial score (nSPS) is 24.9. The number of nitrogens with zero attached hydrogens (tertiary/aromatic N) is 1. The molecule has 2 N–H and O–H groups in total. The van der Waals surface area contributed by atoms with Crippen LogP contribution in [0.15, 0.2) is 24.3 Å². The van der Waals surface area contributed by atoms with Gasteiger partial charge in [0, 0.05) is 30.9 Å².